The maximum atomic E-state index is 12.2. The van der Waals surface area contributed by atoms with Crippen molar-refractivity contribution in [3.05, 3.63) is 53.1 Å². The molecule has 110 valence electrons. The minimum Gasteiger partial charge on any atom is -0.336 e. The number of carbonyl (C=O) groups excluding carboxylic acids is 1. The first kappa shape index (κ1) is 13.9. The SMILES string of the molecule is O=C(NCCn1ccnc1)N1CCc2cc(Cl)ccc2C1. The summed E-state index contributed by atoms with van der Waals surface area (Å²) in [7, 11) is 0. The standard InChI is InChI=1S/C15H17ClN4O/c16-14-2-1-13-10-20(6-3-12(13)9-14)15(21)18-5-8-19-7-4-17-11-19/h1-2,4,7,9,11H,3,5-6,8,10H2,(H,18,21). The number of nitrogens with zero attached hydrogens (tertiary/aromatic N) is 3. The highest BCUT2D eigenvalue weighted by Gasteiger charge is 2.20. The fourth-order valence-corrected chi connectivity index (χ4v) is 2.71. The molecule has 0 fully saturated rings. The molecule has 0 aliphatic carbocycles. The van der Waals surface area contributed by atoms with Crippen molar-refractivity contribution in [3.63, 3.8) is 0 Å². The fraction of sp³-hybridized carbons (Fsp3) is 0.333. The highest BCUT2D eigenvalue weighted by molar-refractivity contribution is 6.30. The first-order valence-electron chi connectivity index (χ1n) is 6.98. The molecule has 1 aliphatic rings. The summed E-state index contributed by atoms with van der Waals surface area (Å²) >= 11 is 5.99. The lowest BCUT2D eigenvalue weighted by Gasteiger charge is -2.29. The summed E-state index contributed by atoms with van der Waals surface area (Å²) in [6.07, 6.45) is 6.21. The van der Waals surface area contributed by atoms with Gasteiger partial charge in [0.25, 0.3) is 0 Å². The molecule has 0 spiro atoms. The van der Waals surface area contributed by atoms with E-state index in [2.05, 4.69) is 10.3 Å². The zero-order chi connectivity index (χ0) is 14.7. The zero-order valence-electron chi connectivity index (χ0n) is 11.6. The van der Waals surface area contributed by atoms with Crippen molar-refractivity contribution in [2.75, 3.05) is 13.1 Å². The summed E-state index contributed by atoms with van der Waals surface area (Å²) in [5.41, 5.74) is 2.42. The quantitative estimate of drug-likeness (QED) is 0.946. The average Bonchev–Trinajstić information content (AvgIpc) is 3.00. The summed E-state index contributed by atoms with van der Waals surface area (Å²) in [5, 5.41) is 3.70. The van der Waals surface area contributed by atoms with Crippen LogP contribution in [0.5, 0.6) is 0 Å². The van der Waals surface area contributed by atoms with Crippen molar-refractivity contribution in [2.24, 2.45) is 0 Å². The van der Waals surface area contributed by atoms with Gasteiger partial charge in [0, 0.05) is 43.6 Å². The lowest BCUT2D eigenvalue weighted by atomic mass is 10.0. The van der Waals surface area contributed by atoms with Gasteiger partial charge in [-0.15, -0.1) is 0 Å². The number of amides is 2. The van der Waals surface area contributed by atoms with Crippen molar-refractivity contribution in [3.8, 4) is 0 Å². The van der Waals surface area contributed by atoms with Crippen LogP contribution in [0.1, 0.15) is 11.1 Å². The first-order valence-corrected chi connectivity index (χ1v) is 7.36. The van der Waals surface area contributed by atoms with Crippen LogP contribution in [-0.2, 0) is 19.5 Å². The number of urea groups is 1. The van der Waals surface area contributed by atoms with Crippen LogP contribution in [-0.4, -0.2) is 33.6 Å². The normalized spacial score (nSPS) is 13.9. The topological polar surface area (TPSA) is 50.2 Å². The highest BCUT2D eigenvalue weighted by atomic mass is 35.5. The molecule has 5 nitrogen and oxygen atoms in total. The van der Waals surface area contributed by atoms with E-state index in [0.29, 0.717) is 13.1 Å². The molecule has 0 saturated carbocycles. The van der Waals surface area contributed by atoms with Crippen molar-refractivity contribution in [1.82, 2.24) is 19.8 Å². The van der Waals surface area contributed by atoms with Crippen LogP contribution in [0.4, 0.5) is 4.79 Å². The Morgan fingerprint density at radius 3 is 3.10 bits per heavy atom. The number of fused-ring (bicyclic) bond motifs is 1. The molecule has 0 unspecified atom stereocenters. The second-order valence-corrected chi connectivity index (χ2v) is 5.55. The molecule has 0 radical (unpaired) electrons. The summed E-state index contributed by atoms with van der Waals surface area (Å²) in [4.78, 5) is 18.0. The van der Waals surface area contributed by atoms with E-state index >= 15 is 0 Å². The average molecular weight is 305 g/mol. The molecule has 0 atom stereocenters. The number of benzene rings is 1. The third-order valence-electron chi connectivity index (χ3n) is 3.67. The van der Waals surface area contributed by atoms with E-state index in [1.807, 2.05) is 33.9 Å². The van der Waals surface area contributed by atoms with Crippen molar-refractivity contribution < 1.29 is 4.79 Å². The van der Waals surface area contributed by atoms with Gasteiger partial charge < -0.3 is 14.8 Å². The number of aromatic nitrogens is 2. The molecular formula is C15H17ClN4O. The van der Waals surface area contributed by atoms with Gasteiger partial charge in [-0.2, -0.15) is 0 Å². The Bertz CT molecular complexity index is 627. The van der Waals surface area contributed by atoms with E-state index < -0.39 is 0 Å². The zero-order valence-corrected chi connectivity index (χ0v) is 12.4. The Balaban J connectivity index is 1.53. The molecule has 21 heavy (non-hydrogen) atoms. The minimum atomic E-state index is -0.0179. The Morgan fingerprint density at radius 1 is 1.38 bits per heavy atom. The highest BCUT2D eigenvalue weighted by Crippen LogP contribution is 2.22. The van der Waals surface area contributed by atoms with Crippen LogP contribution in [0.15, 0.2) is 36.9 Å². The molecule has 6 heteroatoms. The molecule has 1 N–H and O–H groups in total. The van der Waals surface area contributed by atoms with Gasteiger partial charge in [0.05, 0.1) is 6.33 Å². The van der Waals surface area contributed by atoms with Crippen LogP contribution in [0.3, 0.4) is 0 Å². The van der Waals surface area contributed by atoms with Gasteiger partial charge in [0.2, 0.25) is 0 Å². The summed E-state index contributed by atoms with van der Waals surface area (Å²) in [6.45, 7) is 2.69. The van der Waals surface area contributed by atoms with Gasteiger partial charge in [-0.3, -0.25) is 0 Å². The summed E-state index contributed by atoms with van der Waals surface area (Å²) < 4.78 is 1.94. The monoisotopic (exact) mass is 304 g/mol. The van der Waals surface area contributed by atoms with Gasteiger partial charge in [-0.1, -0.05) is 17.7 Å². The molecule has 1 aromatic carbocycles. The van der Waals surface area contributed by atoms with E-state index in [1.165, 1.54) is 11.1 Å². The number of hydrogen-bond donors (Lipinski definition) is 1. The first-order chi connectivity index (χ1) is 10.2. The van der Waals surface area contributed by atoms with Crippen LogP contribution in [0, 0.1) is 0 Å². The van der Waals surface area contributed by atoms with Crippen molar-refractivity contribution >= 4 is 17.6 Å². The van der Waals surface area contributed by atoms with Crippen LogP contribution in [0.2, 0.25) is 5.02 Å². The third-order valence-corrected chi connectivity index (χ3v) is 3.91. The van der Waals surface area contributed by atoms with E-state index in [0.717, 1.165) is 24.5 Å². The molecule has 2 amide bonds. The van der Waals surface area contributed by atoms with Crippen LogP contribution >= 0.6 is 11.6 Å². The molecule has 1 aliphatic heterocycles. The molecule has 2 heterocycles. The van der Waals surface area contributed by atoms with Gasteiger partial charge in [0.15, 0.2) is 0 Å². The Morgan fingerprint density at radius 2 is 2.29 bits per heavy atom. The number of rotatable bonds is 3. The number of nitrogens with one attached hydrogen (secondary N) is 1. The van der Waals surface area contributed by atoms with Crippen LogP contribution in [0.25, 0.3) is 0 Å². The molecular weight excluding hydrogens is 288 g/mol. The van der Waals surface area contributed by atoms with Crippen LogP contribution < -0.4 is 5.32 Å². The van der Waals surface area contributed by atoms with Crippen molar-refractivity contribution in [2.45, 2.75) is 19.5 Å². The minimum absolute atomic E-state index is 0.0179. The number of imidazole rings is 1. The molecule has 0 saturated heterocycles. The van der Waals surface area contributed by atoms with E-state index in [-0.39, 0.29) is 6.03 Å². The van der Waals surface area contributed by atoms with Gasteiger partial charge in [0.1, 0.15) is 0 Å². The fourth-order valence-electron chi connectivity index (χ4n) is 2.52. The molecule has 1 aromatic heterocycles. The second-order valence-electron chi connectivity index (χ2n) is 5.12. The summed E-state index contributed by atoms with van der Waals surface area (Å²) in [5.74, 6) is 0. The number of carbonyl (C=O) groups is 1. The van der Waals surface area contributed by atoms with Crippen molar-refractivity contribution in [1.29, 1.82) is 0 Å². The number of hydrogen-bond acceptors (Lipinski definition) is 2. The number of halogens is 1. The maximum Gasteiger partial charge on any atom is 0.317 e. The predicted molar refractivity (Wildman–Crippen MR) is 81.2 cm³/mol. The van der Waals surface area contributed by atoms with E-state index in [9.17, 15) is 4.79 Å². The Kier molecular flexibility index (Phi) is 4.10. The lowest BCUT2D eigenvalue weighted by Crippen LogP contribution is -2.43. The van der Waals surface area contributed by atoms with E-state index in [1.54, 1.807) is 12.5 Å². The lowest BCUT2D eigenvalue weighted by molar-refractivity contribution is 0.192. The maximum absolute atomic E-state index is 12.2. The molecule has 0 bridgehead atoms. The molecule has 2 aromatic rings. The molecule has 3 rings (SSSR count). The van der Waals surface area contributed by atoms with Gasteiger partial charge >= 0.3 is 6.03 Å². The Labute approximate surface area is 128 Å². The summed E-state index contributed by atoms with van der Waals surface area (Å²) in [6, 6.07) is 5.85. The largest absolute Gasteiger partial charge is 0.336 e. The van der Waals surface area contributed by atoms with Gasteiger partial charge in [-0.25, -0.2) is 9.78 Å². The smallest absolute Gasteiger partial charge is 0.317 e. The Hall–Kier alpha value is -2.01. The van der Waals surface area contributed by atoms with E-state index in [4.69, 9.17) is 11.6 Å². The second kappa shape index (κ2) is 6.18. The third kappa shape index (κ3) is 3.36. The predicted octanol–water partition coefficient (Wildman–Crippen LogP) is 2.30. The van der Waals surface area contributed by atoms with Gasteiger partial charge in [-0.05, 0) is 29.7 Å².